The van der Waals surface area contributed by atoms with Gasteiger partial charge in [-0.25, -0.2) is 0 Å². The number of halogens is 2. The molecule has 0 aliphatic heterocycles. The number of benzene rings is 1. The third kappa shape index (κ3) is 2.53. The van der Waals surface area contributed by atoms with E-state index >= 15 is 0 Å². The van der Waals surface area contributed by atoms with Crippen molar-refractivity contribution in [2.45, 2.75) is 26.0 Å². The molecule has 96 valence electrons. The van der Waals surface area contributed by atoms with Gasteiger partial charge in [-0.05, 0) is 31.5 Å². The summed E-state index contributed by atoms with van der Waals surface area (Å²) in [4.78, 5) is 0. The van der Waals surface area contributed by atoms with Crippen LogP contribution in [0.3, 0.4) is 0 Å². The average molecular weight is 285 g/mol. The third-order valence-corrected chi connectivity index (χ3v) is 3.23. The van der Waals surface area contributed by atoms with E-state index in [2.05, 4.69) is 5.10 Å². The summed E-state index contributed by atoms with van der Waals surface area (Å²) >= 11 is 12.0. The molecule has 0 radical (unpaired) electrons. The van der Waals surface area contributed by atoms with E-state index in [-0.39, 0.29) is 6.04 Å². The van der Waals surface area contributed by atoms with Crippen molar-refractivity contribution in [3.05, 3.63) is 51.8 Å². The normalized spacial score (nSPS) is 13.0. The molecule has 5 heteroatoms. The van der Waals surface area contributed by atoms with Crippen LogP contribution >= 0.6 is 23.2 Å². The molecule has 0 spiro atoms. The Morgan fingerprint density at radius 2 is 2.00 bits per heavy atom. The van der Waals surface area contributed by atoms with Crippen LogP contribution in [0.5, 0.6) is 0 Å². The van der Waals surface area contributed by atoms with Gasteiger partial charge in [0.1, 0.15) is 6.10 Å². The summed E-state index contributed by atoms with van der Waals surface area (Å²) in [6.45, 7) is 3.97. The molecule has 18 heavy (non-hydrogen) atoms. The zero-order chi connectivity index (χ0) is 13.3. The molecule has 0 saturated heterocycles. The van der Waals surface area contributed by atoms with E-state index in [0.29, 0.717) is 21.3 Å². The number of aliphatic hydroxyl groups is 1. The van der Waals surface area contributed by atoms with Crippen LogP contribution < -0.4 is 0 Å². The minimum Gasteiger partial charge on any atom is -0.382 e. The fourth-order valence-electron chi connectivity index (χ4n) is 1.85. The van der Waals surface area contributed by atoms with Crippen molar-refractivity contribution in [2.75, 3.05) is 0 Å². The summed E-state index contributed by atoms with van der Waals surface area (Å²) in [5, 5.41) is 15.6. The van der Waals surface area contributed by atoms with E-state index in [1.165, 1.54) is 0 Å². The number of rotatable bonds is 3. The average Bonchev–Trinajstić information content (AvgIpc) is 2.70. The molecule has 1 aromatic heterocycles. The second-order valence-electron chi connectivity index (χ2n) is 4.37. The number of nitrogens with zero attached hydrogens (tertiary/aromatic N) is 2. The van der Waals surface area contributed by atoms with E-state index in [0.717, 1.165) is 0 Å². The highest BCUT2D eigenvalue weighted by atomic mass is 35.5. The first-order chi connectivity index (χ1) is 8.50. The number of aliphatic hydroxyl groups excluding tert-OH is 1. The van der Waals surface area contributed by atoms with Crippen molar-refractivity contribution >= 4 is 23.2 Å². The Morgan fingerprint density at radius 1 is 1.28 bits per heavy atom. The van der Waals surface area contributed by atoms with Crippen LogP contribution in [0.2, 0.25) is 10.0 Å². The maximum atomic E-state index is 10.4. The fraction of sp³-hybridized carbons (Fsp3) is 0.308. The zero-order valence-electron chi connectivity index (χ0n) is 10.1. The summed E-state index contributed by atoms with van der Waals surface area (Å²) in [5.74, 6) is 0. The molecule has 1 heterocycles. The predicted molar refractivity (Wildman–Crippen MR) is 73.1 cm³/mol. The van der Waals surface area contributed by atoms with Crippen LogP contribution in [0.15, 0.2) is 30.5 Å². The molecular weight excluding hydrogens is 271 g/mol. The van der Waals surface area contributed by atoms with Crippen LogP contribution in [0.25, 0.3) is 0 Å². The van der Waals surface area contributed by atoms with Gasteiger partial charge in [0.15, 0.2) is 0 Å². The van der Waals surface area contributed by atoms with Crippen LogP contribution in [-0.4, -0.2) is 14.9 Å². The molecule has 0 aliphatic carbocycles. The second-order valence-corrected chi connectivity index (χ2v) is 5.22. The molecule has 0 amide bonds. The summed E-state index contributed by atoms with van der Waals surface area (Å²) in [6.07, 6.45) is 0.714. The second kappa shape index (κ2) is 5.31. The summed E-state index contributed by atoms with van der Waals surface area (Å²) in [7, 11) is 0. The predicted octanol–water partition coefficient (Wildman–Crippen LogP) is 3.85. The highest BCUT2D eigenvalue weighted by molar-refractivity contribution is 6.31. The standard InChI is InChI=1S/C13H14Cl2N2O/c1-8(2)17-12(11(15)7-16-17)13(18)9-4-3-5-10(14)6-9/h3-8,13,18H,1-2H3. The van der Waals surface area contributed by atoms with E-state index in [4.69, 9.17) is 23.2 Å². The van der Waals surface area contributed by atoms with Crippen molar-refractivity contribution in [1.29, 1.82) is 0 Å². The molecule has 1 N–H and O–H groups in total. The number of aromatic nitrogens is 2. The number of hydrogen-bond acceptors (Lipinski definition) is 2. The van der Waals surface area contributed by atoms with E-state index in [1.807, 2.05) is 19.9 Å². The van der Waals surface area contributed by atoms with Gasteiger partial charge in [0, 0.05) is 11.1 Å². The van der Waals surface area contributed by atoms with Gasteiger partial charge in [-0.1, -0.05) is 35.3 Å². The van der Waals surface area contributed by atoms with Gasteiger partial charge >= 0.3 is 0 Å². The topological polar surface area (TPSA) is 38.0 Å². The lowest BCUT2D eigenvalue weighted by atomic mass is 10.1. The quantitative estimate of drug-likeness (QED) is 0.930. The van der Waals surface area contributed by atoms with E-state index in [1.54, 1.807) is 29.1 Å². The SMILES string of the molecule is CC(C)n1ncc(Cl)c1C(O)c1cccc(Cl)c1. The Morgan fingerprint density at radius 3 is 2.61 bits per heavy atom. The molecule has 0 aliphatic rings. The van der Waals surface area contributed by atoms with Crippen molar-refractivity contribution in [1.82, 2.24) is 9.78 Å². The number of hydrogen-bond donors (Lipinski definition) is 1. The van der Waals surface area contributed by atoms with Crippen LogP contribution in [0, 0.1) is 0 Å². The fourth-order valence-corrected chi connectivity index (χ4v) is 2.28. The lowest BCUT2D eigenvalue weighted by Crippen LogP contribution is -2.12. The molecule has 0 fully saturated rings. The maximum Gasteiger partial charge on any atom is 0.122 e. The van der Waals surface area contributed by atoms with Gasteiger partial charge in [-0.15, -0.1) is 0 Å². The minimum atomic E-state index is -0.832. The maximum absolute atomic E-state index is 10.4. The van der Waals surface area contributed by atoms with Crippen molar-refractivity contribution in [3.63, 3.8) is 0 Å². The largest absolute Gasteiger partial charge is 0.382 e. The molecule has 1 unspecified atom stereocenters. The molecule has 1 atom stereocenters. The van der Waals surface area contributed by atoms with E-state index in [9.17, 15) is 5.11 Å². The van der Waals surface area contributed by atoms with Crippen molar-refractivity contribution in [2.24, 2.45) is 0 Å². The zero-order valence-corrected chi connectivity index (χ0v) is 11.7. The molecule has 0 bridgehead atoms. The first-order valence-corrected chi connectivity index (χ1v) is 6.42. The Bertz CT molecular complexity index is 552. The molecule has 2 rings (SSSR count). The van der Waals surface area contributed by atoms with Crippen LogP contribution in [0.4, 0.5) is 0 Å². The highest BCUT2D eigenvalue weighted by Gasteiger charge is 2.21. The lowest BCUT2D eigenvalue weighted by Gasteiger charge is -2.17. The minimum absolute atomic E-state index is 0.126. The summed E-state index contributed by atoms with van der Waals surface area (Å²) in [6, 6.07) is 7.22. The summed E-state index contributed by atoms with van der Waals surface area (Å²) < 4.78 is 1.72. The van der Waals surface area contributed by atoms with Gasteiger partial charge in [0.25, 0.3) is 0 Å². The Hall–Kier alpha value is -1.03. The van der Waals surface area contributed by atoms with Gasteiger partial charge < -0.3 is 5.11 Å². The van der Waals surface area contributed by atoms with Gasteiger partial charge in [0.2, 0.25) is 0 Å². The Labute approximate surface area is 116 Å². The Kier molecular flexibility index (Phi) is 3.95. The van der Waals surface area contributed by atoms with E-state index < -0.39 is 6.10 Å². The monoisotopic (exact) mass is 284 g/mol. The van der Waals surface area contributed by atoms with Crippen molar-refractivity contribution < 1.29 is 5.11 Å². The molecule has 3 nitrogen and oxygen atoms in total. The van der Waals surface area contributed by atoms with Gasteiger partial charge in [-0.2, -0.15) is 5.10 Å². The molecule has 1 aromatic carbocycles. The first kappa shape index (κ1) is 13.4. The molecular formula is C13H14Cl2N2O. The van der Waals surface area contributed by atoms with Gasteiger partial charge in [0.05, 0.1) is 16.9 Å². The highest BCUT2D eigenvalue weighted by Crippen LogP contribution is 2.30. The smallest absolute Gasteiger partial charge is 0.122 e. The first-order valence-electron chi connectivity index (χ1n) is 5.67. The molecule has 0 saturated carbocycles. The molecule has 2 aromatic rings. The van der Waals surface area contributed by atoms with Crippen LogP contribution in [0.1, 0.15) is 37.3 Å². The third-order valence-electron chi connectivity index (χ3n) is 2.70. The van der Waals surface area contributed by atoms with Crippen LogP contribution in [-0.2, 0) is 0 Å². The lowest BCUT2D eigenvalue weighted by molar-refractivity contribution is 0.205. The van der Waals surface area contributed by atoms with Gasteiger partial charge in [-0.3, -0.25) is 4.68 Å². The van der Waals surface area contributed by atoms with Crippen molar-refractivity contribution in [3.8, 4) is 0 Å². The Balaban J connectivity index is 2.45. The summed E-state index contributed by atoms with van der Waals surface area (Å²) in [5.41, 5.74) is 1.29.